The van der Waals surface area contributed by atoms with Gasteiger partial charge in [0.1, 0.15) is 0 Å². The lowest BCUT2D eigenvalue weighted by atomic mass is 9.82. The quantitative estimate of drug-likeness (QED) is 0.705. The van der Waals surface area contributed by atoms with E-state index >= 15 is 0 Å². The molecular formula is C12H23N3O. The lowest BCUT2D eigenvalue weighted by Gasteiger charge is -2.32. The van der Waals surface area contributed by atoms with E-state index < -0.39 is 0 Å². The summed E-state index contributed by atoms with van der Waals surface area (Å²) in [6, 6.07) is 0. The number of hydrogen-bond acceptors (Lipinski definition) is 3. The van der Waals surface area contributed by atoms with Crippen LogP contribution in [0.1, 0.15) is 26.2 Å². The summed E-state index contributed by atoms with van der Waals surface area (Å²) >= 11 is 0. The Bertz CT molecular complexity index is 241. The van der Waals surface area contributed by atoms with Gasteiger partial charge in [-0.05, 0) is 32.4 Å². The van der Waals surface area contributed by atoms with Crippen LogP contribution in [0, 0.1) is 5.41 Å². The Morgan fingerprint density at radius 3 is 2.81 bits per heavy atom. The summed E-state index contributed by atoms with van der Waals surface area (Å²) in [5.41, 5.74) is -0.107. The molecule has 0 aromatic carbocycles. The summed E-state index contributed by atoms with van der Waals surface area (Å²) in [4.78, 5) is 14.6. The fourth-order valence-corrected chi connectivity index (χ4v) is 2.76. The highest BCUT2D eigenvalue weighted by atomic mass is 16.2. The Morgan fingerprint density at radius 2 is 2.12 bits per heavy atom. The Labute approximate surface area is 97.8 Å². The van der Waals surface area contributed by atoms with E-state index in [-0.39, 0.29) is 5.41 Å². The molecule has 0 aromatic rings. The highest BCUT2D eigenvalue weighted by Gasteiger charge is 2.41. The van der Waals surface area contributed by atoms with Crippen LogP contribution in [0.4, 0.5) is 0 Å². The van der Waals surface area contributed by atoms with Gasteiger partial charge in [-0.1, -0.05) is 6.92 Å². The van der Waals surface area contributed by atoms with E-state index in [1.807, 2.05) is 0 Å². The van der Waals surface area contributed by atoms with Crippen LogP contribution in [0.25, 0.3) is 0 Å². The molecule has 2 rings (SSSR count). The van der Waals surface area contributed by atoms with Crippen LogP contribution in [0.5, 0.6) is 0 Å². The fraction of sp³-hybridized carbons (Fsp3) is 0.917. The van der Waals surface area contributed by atoms with E-state index in [4.69, 9.17) is 0 Å². The van der Waals surface area contributed by atoms with Crippen molar-refractivity contribution in [2.45, 2.75) is 26.2 Å². The third-order valence-electron chi connectivity index (χ3n) is 4.00. The summed E-state index contributed by atoms with van der Waals surface area (Å²) in [7, 11) is 0. The first-order chi connectivity index (χ1) is 7.78. The van der Waals surface area contributed by atoms with Crippen LogP contribution in [-0.4, -0.2) is 50.1 Å². The number of carbonyl (C=O) groups excluding carboxylic acids is 1. The molecule has 0 aromatic heterocycles. The Balaban J connectivity index is 2.03. The molecule has 2 N–H and O–H groups in total. The van der Waals surface area contributed by atoms with Gasteiger partial charge in [-0.25, -0.2) is 0 Å². The van der Waals surface area contributed by atoms with Gasteiger partial charge >= 0.3 is 0 Å². The summed E-state index contributed by atoms with van der Waals surface area (Å²) in [6.07, 6.45) is 3.05. The highest BCUT2D eigenvalue weighted by Crippen LogP contribution is 2.31. The van der Waals surface area contributed by atoms with Crippen molar-refractivity contribution in [2.75, 3.05) is 39.3 Å². The second-order valence-corrected chi connectivity index (χ2v) is 4.96. The molecular weight excluding hydrogens is 202 g/mol. The predicted octanol–water partition coefficient (Wildman–Crippen LogP) is 0.198. The van der Waals surface area contributed by atoms with Crippen LogP contribution in [0.15, 0.2) is 0 Å². The minimum absolute atomic E-state index is 0.107. The van der Waals surface area contributed by atoms with E-state index in [0.29, 0.717) is 5.91 Å². The molecule has 1 amide bonds. The van der Waals surface area contributed by atoms with Gasteiger partial charge in [-0.2, -0.15) is 0 Å². The van der Waals surface area contributed by atoms with Crippen molar-refractivity contribution >= 4 is 5.91 Å². The van der Waals surface area contributed by atoms with Gasteiger partial charge in [-0.15, -0.1) is 0 Å². The molecule has 0 radical (unpaired) electrons. The topological polar surface area (TPSA) is 44.4 Å². The van der Waals surface area contributed by atoms with Gasteiger partial charge in [0.15, 0.2) is 0 Å². The monoisotopic (exact) mass is 225 g/mol. The molecule has 2 aliphatic rings. The zero-order valence-electron chi connectivity index (χ0n) is 10.2. The lowest BCUT2D eigenvalue weighted by molar-refractivity contribution is -0.141. The first-order valence-corrected chi connectivity index (χ1v) is 6.49. The van der Waals surface area contributed by atoms with Crippen molar-refractivity contribution in [3.63, 3.8) is 0 Å². The number of hydrogen-bond donors (Lipinski definition) is 2. The molecule has 92 valence electrons. The maximum Gasteiger partial charge on any atom is 0.230 e. The van der Waals surface area contributed by atoms with E-state index in [2.05, 4.69) is 22.5 Å². The normalized spacial score (nSPS) is 31.4. The molecule has 2 heterocycles. The summed E-state index contributed by atoms with van der Waals surface area (Å²) in [5.74, 6) is 0.378. The average Bonchev–Trinajstić information content (AvgIpc) is 2.64. The van der Waals surface area contributed by atoms with Gasteiger partial charge in [0, 0.05) is 26.2 Å². The first kappa shape index (κ1) is 11.9. The van der Waals surface area contributed by atoms with Crippen molar-refractivity contribution in [2.24, 2.45) is 5.41 Å². The van der Waals surface area contributed by atoms with Crippen molar-refractivity contribution in [3.8, 4) is 0 Å². The molecule has 1 unspecified atom stereocenters. The number of nitrogens with one attached hydrogen (secondary N) is 2. The molecule has 1 atom stereocenters. The summed E-state index contributed by atoms with van der Waals surface area (Å²) < 4.78 is 0. The molecule has 0 bridgehead atoms. The molecule has 4 heteroatoms. The second-order valence-electron chi connectivity index (χ2n) is 4.96. The molecule has 0 spiro atoms. The van der Waals surface area contributed by atoms with Crippen LogP contribution in [0.3, 0.4) is 0 Å². The van der Waals surface area contributed by atoms with Crippen LogP contribution >= 0.6 is 0 Å². The maximum atomic E-state index is 12.6. The minimum atomic E-state index is -0.107. The third kappa shape index (κ3) is 2.23. The van der Waals surface area contributed by atoms with E-state index in [1.165, 1.54) is 0 Å². The second kappa shape index (κ2) is 5.15. The van der Waals surface area contributed by atoms with Crippen molar-refractivity contribution in [1.29, 1.82) is 0 Å². The Kier molecular flexibility index (Phi) is 3.82. The standard InChI is InChI=1S/C12H23N3O/c1-2-12(4-6-14-10-12)11(16)15-8-3-5-13-7-9-15/h13-14H,2-10H2,1H3. The zero-order chi connectivity index (χ0) is 11.4. The molecule has 2 fully saturated rings. The van der Waals surface area contributed by atoms with Crippen LogP contribution in [-0.2, 0) is 4.79 Å². The number of carbonyl (C=O) groups is 1. The molecule has 2 saturated heterocycles. The maximum absolute atomic E-state index is 12.6. The van der Waals surface area contributed by atoms with Gasteiger partial charge in [0.05, 0.1) is 5.41 Å². The van der Waals surface area contributed by atoms with Gasteiger partial charge in [-0.3, -0.25) is 4.79 Å². The largest absolute Gasteiger partial charge is 0.341 e. The molecule has 2 aliphatic heterocycles. The molecule has 4 nitrogen and oxygen atoms in total. The predicted molar refractivity (Wildman–Crippen MR) is 64.3 cm³/mol. The Hall–Kier alpha value is -0.610. The molecule has 0 saturated carbocycles. The lowest BCUT2D eigenvalue weighted by Crippen LogP contribution is -2.46. The van der Waals surface area contributed by atoms with Crippen molar-refractivity contribution < 1.29 is 4.79 Å². The smallest absolute Gasteiger partial charge is 0.230 e. The van der Waals surface area contributed by atoms with E-state index in [9.17, 15) is 4.79 Å². The van der Waals surface area contributed by atoms with E-state index in [0.717, 1.165) is 58.5 Å². The van der Waals surface area contributed by atoms with Gasteiger partial charge in [0.25, 0.3) is 0 Å². The SMILES string of the molecule is CCC1(C(=O)N2CCCNCC2)CCNC1. The van der Waals surface area contributed by atoms with E-state index in [1.54, 1.807) is 0 Å². The van der Waals surface area contributed by atoms with Crippen molar-refractivity contribution in [1.82, 2.24) is 15.5 Å². The molecule has 0 aliphatic carbocycles. The number of rotatable bonds is 2. The van der Waals surface area contributed by atoms with Crippen molar-refractivity contribution in [3.05, 3.63) is 0 Å². The number of nitrogens with zero attached hydrogens (tertiary/aromatic N) is 1. The van der Waals surface area contributed by atoms with Gasteiger partial charge < -0.3 is 15.5 Å². The Morgan fingerprint density at radius 1 is 1.25 bits per heavy atom. The van der Waals surface area contributed by atoms with Gasteiger partial charge in [0.2, 0.25) is 5.91 Å². The molecule has 16 heavy (non-hydrogen) atoms. The van der Waals surface area contributed by atoms with Crippen LogP contribution < -0.4 is 10.6 Å². The fourth-order valence-electron chi connectivity index (χ4n) is 2.76. The highest BCUT2D eigenvalue weighted by molar-refractivity contribution is 5.83. The first-order valence-electron chi connectivity index (χ1n) is 6.49. The van der Waals surface area contributed by atoms with Crippen LogP contribution in [0.2, 0.25) is 0 Å². The average molecular weight is 225 g/mol. The summed E-state index contributed by atoms with van der Waals surface area (Å²) in [5, 5.41) is 6.68. The zero-order valence-corrected chi connectivity index (χ0v) is 10.2. The number of amides is 1. The summed E-state index contributed by atoms with van der Waals surface area (Å²) in [6.45, 7) is 7.78. The third-order valence-corrected chi connectivity index (χ3v) is 4.00. The minimum Gasteiger partial charge on any atom is -0.341 e.